The van der Waals surface area contributed by atoms with E-state index in [2.05, 4.69) is 17.6 Å². The van der Waals surface area contributed by atoms with Crippen LogP contribution in [-0.2, 0) is 0 Å². The average Bonchev–Trinajstić information content (AvgIpc) is 2.51. The summed E-state index contributed by atoms with van der Waals surface area (Å²) < 4.78 is 11.3. The molecule has 0 aliphatic carbocycles. The Kier molecular flexibility index (Phi) is 5.29. The minimum absolute atomic E-state index is 0.311. The monoisotopic (exact) mass is 315 g/mol. The van der Waals surface area contributed by atoms with Crippen molar-refractivity contribution in [2.75, 3.05) is 13.2 Å². The summed E-state index contributed by atoms with van der Waals surface area (Å²) in [5, 5.41) is 9.22. The van der Waals surface area contributed by atoms with Crippen LogP contribution in [-0.4, -0.2) is 13.2 Å². The normalized spacial score (nSPS) is 10.1. The molecule has 0 bridgehead atoms. The second-order valence-corrected chi connectivity index (χ2v) is 5.23. The number of ether oxygens (including phenoxy) is 2. The summed E-state index contributed by atoms with van der Waals surface area (Å²) in [7, 11) is 0. The van der Waals surface area contributed by atoms with Crippen molar-refractivity contribution in [3.8, 4) is 22.6 Å². The predicted octanol–water partition coefficient (Wildman–Crippen LogP) is 5.23. The van der Waals surface area contributed by atoms with Crippen molar-refractivity contribution in [3.05, 3.63) is 40.9 Å². The highest BCUT2D eigenvalue weighted by atomic mass is 32.1. The summed E-state index contributed by atoms with van der Waals surface area (Å²) in [4.78, 5) is 3.89. The van der Waals surface area contributed by atoms with Gasteiger partial charge < -0.3 is 9.47 Å². The minimum Gasteiger partial charge on any atom is -0.493 e. The van der Waals surface area contributed by atoms with E-state index >= 15 is 0 Å². The Hall–Kier alpha value is -2.19. The molecule has 5 heteroatoms. The van der Waals surface area contributed by atoms with Gasteiger partial charge in [-0.3, -0.25) is 0 Å². The van der Waals surface area contributed by atoms with Crippen molar-refractivity contribution < 1.29 is 9.47 Å². The van der Waals surface area contributed by atoms with Gasteiger partial charge in [-0.2, -0.15) is 0 Å². The molecule has 0 atom stereocenters. The van der Waals surface area contributed by atoms with Crippen LogP contribution in [0.1, 0.15) is 19.4 Å². The van der Waals surface area contributed by atoms with Gasteiger partial charge in [0.05, 0.1) is 24.2 Å². The highest BCUT2D eigenvalue weighted by Crippen LogP contribution is 2.47. The Morgan fingerprint density at radius 1 is 1.09 bits per heavy atom. The molecule has 114 valence electrons. The van der Waals surface area contributed by atoms with Crippen LogP contribution < -0.4 is 9.47 Å². The molecule has 0 heterocycles. The van der Waals surface area contributed by atoms with Crippen molar-refractivity contribution >= 4 is 18.3 Å². The van der Waals surface area contributed by atoms with Crippen LogP contribution in [0.15, 0.2) is 35.2 Å². The van der Waals surface area contributed by atoms with Crippen LogP contribution in [0.4, 0.5) is 5.69 Å². The summed E-state index contributed by atoms with van der Waals surface area (Å²) in [5.41, 5.74) is 3.30. The quantitative estimate of drug-likeness (QED) is 0.607. The van der Waals surface area contributed by atoms with E-state index < -0.39 is 0 Å². The first kappa shape index (κ1) is 16.2. The fourth-order valence-corrected chi connectivity index (χ4v) is 2.66. The van der Waals surface area contributed by atoms with E-state index in [1.807, 2.05) is 45.0 Å². The largest absolute Gasteiger partial charge is 0.493 e. The number of thiol groups is 1. The molecule has 0 saturated carbocycles. The number of hydrogen-bond donors (Lipinski definition) is 1. The van der Waals surface area contributed by atoms with Gasteiger partial charge in [-0.05, 0) is 26.3 Å². The summed E-state index contributed by atoms with van der Waals surface area (Å²) in [5.74, 6) is 1.07. The Bertz CT molecular complexity index is 706. The number of aryl methyl sites for hydroxylation is 1. The number of hydrogen-bond acceptors (Lipinski definition) is 4. The van der Waals surface area contributed by atoms with Gasteiger partial charge in [0.2, 0.25) is 11.1 Å². The first-order valence-electron chi connectivity index (χ1n) is 7.20. The third-order valence-electron chi connectivity index (χ3n) is 3.24. The second-order valence-electron chi connectivity index (χ2n) is 4.78. The molecule has 0 saturated heterocycles. The lowest BCUT2D eigenvalue weighted by molar-refractivity contribution is 0.327. The number of nitrogens with zero attached hydrogens (tertiary/aromatic N) is 2. The van der Waals surface area contributed by atoms with E-state index in [1.54, 1.807) is 6.07 Å². The molecule has 0 radical (unpaired) electrons. The molecule has 0 aromatic heterocycles. The molecular weight excluding hydrogens is 296 g/mol. The van der Waals surface area contributed by atoms with Crippen LogP contribution in [0.3, 0.4) is 0 Å². The molecule has 0 unspecified atom stereocenters. The van der Waals surface area contributed by atoms with E-state index in [4.69, 9.17) is 9.47 Å². The van der Waals surface area contributed by atoms with Crippen LogP contribution in [0.5, 0.6) is 11.5 Å². The first-order chi connectivity index (χ1) is 10.6. The van der Waals surface area contributed by atoms with Crippen molar-refractivity contribution in [1.29, 1.82) is 5.39 Å². The Morgan fingerprint density at radius 3 is 2.27 bits per heavy atom. The Morgan fingerprint density at radius 2 is 1.73 bits per heavy atom. The molecule has 2 aromatic rings. The minimum atomic E-state index is 0.311. The van der Waals surface area contributed by atoms with E-state index in [1.165, 1.54) is 5.56 Å². The first-order valence-corrected chi connectivity index (χ1v) is 7.64. The molecular formula is C17H19N2O2S+. The van der Waals surface area contributed by atoms with Crippen molar-refractivity contribution in [1.82, 2.24) is 0 Å². The lowest BCUT2D eigenvalue weighted by Crippen LogP contribution is -1.99. The van der Waals surface area contributed by atoms with Gasteiger partial charge in [0.15, 0.2) is 4.98 Å². The zero-order valence-corrected chi connectivity index (χ0v) is 13.9. The maximum absolute atomic E-state index is 9.22. The zero-order chi connectivity index (χ0) is 16.1. The molecule has 4 nitrogen and oxygen atoms in total. The standard InChI is InChI=1S/C17H18N2O2S/c1-4-20-14-10-13(19-18)16(21-5-2)17(22)15(14)12-8-6-11(3)7-9-12/h6-10H,4-5H2,1-3H3/p+1. The molecule has 2 aromatic carbocycles. The predicted molar refractivity (Wildman–Crippen MR) is 90.9 cm³/mol. The molecule has 0 aliphatic rings. The third kappa shape index (κ3) is 3.18. The van der Waals surface area contributed by atoms with Crippen LogP contribution in [0, 0.1) is 12.3 Å². The third-order valence-corrected chi connectivity index (χ3v) is 3.66. The van der Waals surface area contributed by atoms with E-state index in [0.29, 0.717) is 35.3 Å². The summed E-state index contributed by atoms with van der Waals surface area (Å²) >= 11 is 4.59. The van der Waals surface area contributed by atoms with Gasteiger partial charge in [-0.25, -0.2) is 0 Å². The highest BCUT2D eigenvalue weighted by Gasteiger charge is 2.26. The fraction of sp³-hybridized carbons (Fsp3) is 0.294. The lowest BCUT2D eigenvalue weighted by atomic mass is 10.0. The maximum atomic E-state index is 9.22. The van der Waals surface area contributed by atoms with Gasteiger partial charge in [-0.15, -0.1) is 12.6 Å². The smallest absolute Gasteiger partial charge is 0.431 e. The van der Waals surface area contributed by atoms with Gasteiger partial charge in [-0.1, -0.05) is 29.8 Å². The summed E-state index contributed by atoms with van der Waals surface area (Å²) in [6, 6.07) is 9.76. The fourth-order valence-electron chi connectivity index (χ4n) is 2.24. The average molecular weight is 315 g/mol. The van der Waals surface area contributed by atoms with Crippen LogP contribution >= 0.6 is 12.6 Å². The van der Waals surface area contributed by atoms with Gasteiger partial charge >= 0.3 is 5.69 Å². The molecule has 0 amide bonds. The zero-order valence-electron chi connectivity index (χ0n) is 13.0. The lowest BCUT2D eigenvalue weighted by Gasteiger charge is -2.14. The molecule has 0 N–H and O–H groups in total. The second kappa shape index (κ2) is 7.19. The molecule has 22 heavy (non-hydrogen) atoms. The Balaban J connectivity index is 2.71. The Labute approximate surface area is 136 Å². The molecule has 0 spiro atoms. The maximum Gasteiger partial charge on any atom is 0.431 e. The molecule has 0 fully saturated rings. The van der Waals surface area contributed by atoms with Crippen molar-refractivity contribution in [2.45, 2.75) is 25.7 Å². The molecule has 0 aliphatic heterocycles. The van der Waals surface area contributed by atoms with E-state index in [0.717, 1.165) is 11.1 Å². The highest BCUT2D eigenvalue weighted by molar-refractivity contribution is 7.80. The topological polar surface area (TPSA) is 46.6 Å². The summed E-state index contributed by atoms with van der Waals surface area (Å²) in [6.07, 6.45) is 0. The van der Waals surface area contributed by atoms with Crippen LogP contribution in [0.25, 0.3) is 16.1 Å². The molecule has 2 rings (SSSR count). The van der Waals surface area contributed by atoms with Gasteiger partial charge in [0, 0.05) is 5.56 Å². The summed E-state index contributed by atoms with van der Waals surface area (Å²) in [6.45, 7) is 6.77. The number of rotatable bonds is 5. The van der Waals surface area contributed by atoms with Crippen LogP contribution in [0.2, 0.25) is 0 Å². The van der Waals surface area contributed by atoms with Gasteiger partial charge in [0.25, 0.3) is 0 Å². The number of diazo groups is 1. The van der Waals surface area contributed by atoms with Crippen molar-refractivity contribution in [2.24, 2.45) is 0 Å². The number of benzene rings is 2. The SMILES string of the molecule is CCOc1cc([N+]#N)c(OCC)c(S)c1-c1ccc(C)cc1. The van der Waals surface area contributed by atoms with E-state index in [9.17, 15) is 5.39 Å². The van der Waals surface area contributed by atoms with Crippen molar-refractivity contribution in [3.63, 3.8) is 0 Å². The van der Waals surface area contributed by atoms with Gasteiger partial charge in [0.1, 0.15) is 5.75 Å². The van der Waals surface area contributed by atoms with E-state index in [-0.39, 0.29) is 0 Å².